The molecular weight excluding hydrogens is 348 g/mol. The van der Waals surface area contributed by atoms with Crippen LogP contribution in [0.15, 0.2) is 30.3 Å². The summed E-state index contributed by atoms with van der Waals surface area (Å²) in [7, 11) is 1.52. The molecule has 0 bridgehead atoms. The second-order valence-electron chi connectivity index (χ2n) is 5.66. The van der Waals surface area contributed by atoms with Crippen LogP contribution in [0.3, 0.4) is 0 Å². The number of phenolic OH excluding ortho intramolecular Hbond substituents is 1. The van der Waals surface area contributed by atoms with E-state index in [-0.39, 0.29) is 11.7 Å². The highest BCUT2D eigenvalue weighted by atomic mass is 35.5. The molecule has 0 atom stereocenters. The van der Waals surface area contributed by atoms with Crippen LogP contribution in [0.4, 0.5) is 0 Å². The van der Waals surface area contributed by atoms with Crippen LogP contribution in [0, 0.1) is 0 Å². The number of nitrogens with zero attached hydrogens (tertiary/aromatic N) is 2. The smallest absolute Gasteiger partial charge is 0.257 e. The lowest BCUT2D eigenvalue weighted by atomic mass is 10.1. The monoisotopic (exact) mass is 366 g/mol. The van der Waals surface area contributed by atoms with Crippen LogP contribution in [0.1, 0.15) is 15.2 Å². The van der Waals surface area contributed by atoms with Crippen LogP contribution in [-0.2, 0) is 6.54 Å². The van der Waals surface area contributed by atoms with Gasteiger partial charge in [0.2, 0.25) is 0 Å². The Morgan fingerprint density at radius 1 is 1.25 bits per heavy atom. The minimum atomic E-state index is -0.144. The van der Waals surface area contributed by atoms with Crippen molar-refractivity contribution in [3.8, 4) is 11.5 Å². The lowest BCUT2D eigenvalue weighted by Crippen LogP contribution is -2.48. The number of hydrogen-bond acceptors (Lipinski definition) is 5. The maximum absolute atomic E-state index is 12.6. The van der Waals surface area contributed by atoms with Gasteiger partial charge in [-0.1, -0.05) is 11.6 Å². The van der Waals surface area contributed by atoms with E-state index in [0.29, 0.717) is 24.4 Å². The van der Waals surface area contributed by atoms with Gasteiger partial charge in [0, 0.05) is 43.7 Å². The van der Waals surface area contributed by atoms with Crippen molar-refractivity contribution < 1.29 is 14.6 Å². The van der Waals surface area contributed by atoms with Gasteiger partial charge in [-0.3, -0.25) is 9.69 Å². The van der Waals surface area contributed by atoms with Crippen LogP contribution < -0.4 is 4.74 Å². The van der Waals surface area contributed by atoms with E-state index < -0.39 is 0 Å². The van der Waals surface area contributed by atoms with Gasteiger partial charge in [-0.05, 0) is 24.3 Å². The summed E-state index contributed by atoms with van der Waals surface area (Å²) in [6.45, 7) is 3.75. The molecule has 7 heteroatoms. The van der Waals surface area contributed by atoms with Crippen molar-refractivity contribution in [2.45, 2.75) is 6.54 Å². The molecule has 1 aliphatic rings. The van der Waals surface area contributed by atoms with Crippen LogP contribution in [0.25, 0.3) is 0 Å². The van der Waals surface area contributed by atoms with Gasteiger partial charge in [0.25, 0.3) is 5.91 Å². The van der Waals surface area contributed by atoms with Crippen LogP contribution in [0.2, 0.25) is 4.34 Å². The number of thiophene rings is 1. The third kappa shape index (κ3) is 3.83. The van der Waals surface area contributed by atoms with Crippen LogP contribution in [0.5, 0.6) is 11.5 Å². The predicted molar refractivity (Wildman–Crippen MR) is 95.2 cm³/mol. The van der Waals surface area contributed by atoms with Gasteiger partial charge in [0.15, 0.2) is 0 Å². The van der Waals surface area contributed by atoms with E-state index in [1.165, 1.54) is 18.1 Å². The number of carbonyl (C=O) groups is 1. The molecule has 1 N–H and O–H groups in total. The van der Waals surface area contributed by atoms with Crippen molar-refractivity contribution >= 4 is 28.8 Å². The first-order valence-corrected chi connectivity index (χ1v) is 8.89. The number of rotatable bonds is 4. The van der Waals surface area contributed by atoms with Gasteiger partial charge in [0.05, 0.1) is 17.0 Å². The number of carbonyl (C=O) groups excluding carboxylic acids is 1. The number of benzene rings is 1. The number of aromatic hydroxyl groups is 1. The summed E-state index contributed by atoms with van der Waals surface area (Å²) in [5.41, 5.74) is 0.314. The molecule has 2 aromatic rings. The van der Waals surface area contributed by atoms with E-state index >= 15 is 0 Å². The Kier molecular flexibility index (Phi) is 5.28. The lowest BCUT2D eigenvalue weighted by Gasteiger charge is -2.34. The molecule has 0 saturated carbocycles. The van der Waals surface area contributed by atoms with Crippen molar-refractivity contribution in [3.05, 3.63) is 45.1 Å². The second kappa shape index (κ2) is 7.42. The first-order chi connectivity index (χ1) is 11.6. The molecule has 0 aliphatic carbocycles. The Morgan fingerprint density at radius 2 is 2.00 bits per heavy atom. The maximum Gasteiger partial charge on any atom is 0.257 e. The molecular formula is C17H19ClN2O3S. The zero-order valence-electron chi connectivity index (χ0n) is 13.4. The number of piperazine rings is 1. The van der Waals surface area contributed by atoms with E-state index in [0.717, 1.165) is 24.0 Å². The Labute approximate surface area is 150 Å². The summed E-state index contributed by atoms with van der Waals surface area (Å²) in [5.74, 6) is 0.340. The van der Waals surface area contributed by atoms with Crippen molar-refractivity contribution in [1.82, 2.24) is 9.80 Å². The lowest BCUT2D eigenvalue weighted by molar-refractivity contribution is 0.0626. The Morgan fingerprint density at radius 3 is 2.58 bits per heavy atom. The Bertz CT molecular complexity index is 726. The normalized spacial score (nSPS) is 15.5. The quantitative estimate of drug-likeness (QED) is 0.903. The van der Waals surface area contributed by atoms with E-state index in [4.69, 9.17) is 16.3 Å². The molecule has 1 saturated heterocycles. The van der Waals surface area contributed by atoms with E-state index in [9.17, 15) is 9.90 Å². The summed E-state index contributed by atoms with van der Waals surface area (Å²) < 4.78 is 5.85. The third-order valence-corrected chi connectivity index (χ3v) is 5.32. The first kappa shape index (κ1) is 17.1. The van der Waals surface area contributed by atoms with Gasteiger partial charge in [-0.2, -0.15) is 0 Å². The van der Waals surface area contributed by atoms with Gasteiger partial charge >= 0.3 is 0 Å². The fourth-order valence-electron chi connectivity index (χ4n) is 2.76. The highest BCUT2D eigenvalue weighted by Gasteiger charge is 2.24. The molecule has 1 aliphatic heterocycles. The SMILES string of the molecule is COc1ccc(C(=O)N2CCN(Cc3ccc(Cl)s3)CC2)c(O)c1. The molecule has 128 valence electrons. The molecule has 0 spiro atoms. The molecule has 5 nitrogen and oxygen atoms in total. The fourth-order valence-corrected chi connectivity index (χ4v) is 3.89. The van der Waals surface area contributed by atoms with Crippen molar-refractivity contribution in [2.75, 3.05) is 33.3 Å². The molecule has 1 fully saturated rings. The molecule has 0 radical (unpaired) electrons. The Hall–Kier alpha value is -1.76. The number of ether oxygens (including phenoxy) is 1. The molecule has 0 unspecified atom stereocenters. The average molecular weight is 367 g/mol. The van der Waals surface area contributed by atoms with Gasteiger partial charge < -0.3 is 14.7 Å². The van der Waals surface area contributed by atoms with Crippen molar-refractivity contribution in [3.63, 3.8) is 0 Å². The highest BCUT2D eigenvalue weighted by Crippen LogP contribution is 2.26. The Balaban J connectivity index is 1.59. The zero-order valence-corrected chi connectivity index (χ0v) is 14.9. The molecule has 1 amide bonds. The summed E-state index contributed by atoms with van der Waals surface area (Å²) in [6, 6.07) is 8.71. The standard InChI is InChI=1S/C17H19ClN2O3S/c1-23-12-2-4-14(15(21)10-12)17(22)20-8-6-19(7-9-20)11-13-3-5-16(18)24-13/h2-5,10,21H,6-9,11H2,1H3. The average Bonchev–Trinajstić information content (AvgIpc) is 2.99. The topological polar surface area (TPSA) is 53.0 Å². The molecule has 2 heterocycles. The summed E-state index contributed by atoms with van der Waals surface area (Å²) in [5, 5.41) is 10.0. The first-order valence-electron chi connectivity index (χ1n) is 7.69. The second-order valence-corrected chi connectivity index (χ2v) is 7.46. The van der Waals surface area contributed by atoms with Crippen molar-refractivity contribution in [2.24, 2.45) is 0 Å². The van der Waals surface area contributed by atoms with E-state index in [1.54, 1.807) is 28.4 Å². The van der Waals surface area contributed by atoms with Crippen LogP contribution in [-0.4, -0.2) is 54.1 Å². The molecule has 24 heavy (non-hydrogen) atoms. The van der Waals surface area contributed by atoms with E-state index in [1.807, 2.05) is 12.1 Å². The van der Waals surface area contributed by atoms with Crippen molar-refractivity contribution in [1.29, 1.82) is 0 Å². The van der Waals surface area contributed by atoms with Gasteiger partial charge in [-0.15, -0.1) is 11.3 Å². The predicted octanol–water partition coefficient (Wildman–Crippen LogP) is 3.07. The number of phenols is 1. The molecule has 1 aromatic carbocycles. The minimum Gasteiger partial charge on any atom is -0.507 e. The van der Waals surface area contributed by atoms with Gasteiger partial charge in [-0.25, -0.2) is 0 Å². The largest absolute Gasteiger partial charge is 0.507 e. The number of methoxy groups -OCH3 is 1. The summed E-state index contributed by atoms with van der Waals surface area (Å²) >= 11 is 7.55. The summed E-state index contributed by atoms with van der Waals surface area (Å²) in [6.07, 6.45) is 0. The number of halogens is 1. The number of amides is 1. The zero-order chi connectivity index (χ0) is 17.1. The van der Waals surface area contributed by atoms with Gasteiger partial charge in [0.1, 0.15) is 11.5 Å². The third-order valence-electron chi connectivity index (χ3n) is 4.10. The molecule has 1 aromatic heterocycles. The fraction of sp³-hybridized carbons (Fsp3) is 0.353. The summed E-state index contributed by atoms with van der Waals surface area (Å²) in [4.78, 5) is 17.9. The molecule has 3 rings (SSSR count). The van der Waals surface area contributed by atoms with E-state index in [2.05, 4.69) is 4.90 Å². The number of hydrogen-bond donors (Lipinski definition) is 1. The van der Waals surface area contributed by atoms with Crippen LogP contribution >= 0.6 is 22.9 Å². The minimum absolute atomic E-state index is 0.0463. The highest BCUT2D eigenvalue weighted by molar-refractivity contribution is 7.16. The maximum atomic E-state index is 12.6.